The Balaban J connectivity index is 0.00000145. The van der Waals surface area contributed by atoms with Crippen molar-refractivity contribution < 1.29 is 43.1 Å². The predicted molar refractivity (Wildman–Crippen MR) is 227 cm³/mol. The fraction of sp³-hybridized carbons (Fsp3) is 0.475. The van der Waals surface area contributed by atoms with E-state index in [1.807, 2.05) is 66.0 Å². The van der Waals surface area contributed by atoms with Gasteiger partial charge in [0.05, 0.1) is 40.8 Å². The fourth-order valence-electron chi connectivity index (χ4n) is 6.25. The predicted octanol–water partition coefficient (Wildman–Crippen LogP) is 5.07. The van der Waals surface area contributed by atoms with Crippen LogP contribution in [0, 0.1) is 0 Å². The van der Waals surface area contributed by atoms with Crippen molar-refractivity contribution in [2.24, 2.45) is 0 Å². The number of urea groups is 1. The zero-order chi connectivity index (χ0) is 42.6. The Kier molecular flexibility index (Phi) is 19.9. The van der Waals surface area contributed by atoms with E-state index >= 15 is 0 Å². The topological polar surface area (TPSA) is 216 Å². The van der Waals surface area contributed by atoms with Crippen LogP contribution >= 0.6 is 30.5 Å². The van der Waals surface area contributed by atoms with Gasteiger partial charge in [-0.05, 0) is 43.2 Å². The molecule has 2 aromatic carbocycles. The van der Waals surface area contributed by atoms with Crippen LogP contribution in [0.2, 0.25) is 0 Å². The van der Waals surface area contributed by atoms with Crippen LogP contribution in [0.15, 0.2) is 77.8 Å². The number of phosphoric acid groups is 1. The first-order chi connectivity index (χ1) is 28.2. The Hall–Kier alpha value is -4.26. The first-order valence-corrected chi connectivity index (χ1v) is 22.8. The van der Waals surface area contributed by atoms with Crippen molar-refractivity contribution in [3.8, 4) is 0 Å². The molecule has 1 aliphatic heterocycles. The quantitative estimate of drug-likeness (QED) is 0.0682. The second-order valence-corrected chi connectivity index (χ2v) is 17.4. The van der Waals surface area contributed by atoms with Crippen LogP contribution in [-0.2, 0) is 44.8 Å². The number of rotatable bonds is 19. The van der Waals surface area contributed by atoms with Gasteiger partial charge in [-0.2, -0.15) is 0 Å². The third kappa shape index (κ3) is 19.1. The molecule has 1 aliphatic rings. The average molecular weight is 874 g/mol. The zero-order valence-corrected chi connectivity index (χ0v) is 36.2. The van der Waals surface area contributed by atoms with E-state index in [0.717, 1.165) is 39.8 Å². The summed E-state index contributed by atoms with van der Waals surface area (Å²) in [5.74, 6) is 0.0746. The van der Waals surface area contributed by atoms with Crippen LogP contribution in [-0.4, -0.2) is 111 Å². The first-order valence-electron chi connectivity index (χ1n) is 19.4. The molecule has 4 aromatic rings. The molecule has 2 aromatic heterocycles. The van der Waals surface area contributed by atoms with Gasteiger partial charge in [0.1, 0.15) is 12.6 Å². The molecule has 0 spiro atoms. The summed E-state index contributed by atoms with van der Waals surface area (Å²) in [6, 6.07) is 18.4. The molecule has 322 valence electrons. The van der Waals surface area contributed by atoms with Crippen LogP contribution in [0.5, 0.6) is 0 Å². The van der Waals surface area contributed by atoms with Crippen LogP contribution in [0.1, 0.15) is 65.7 Å². The number of carbonyl (C=O) groups excluding carboxylic acids is 3. The molecule has 0 unspecified atom stereocenters. The number of benzene rings is 2. The second kappa shape index (κ2) is 24.7. The third-order valence-electron chi connectivity index (χ3n) is 9.27. The molecule has 6 N–H and O–H groups in total. The largest absolute Gasteiger partial charge is 0.466 e. The molecule has 3 heterocycles. The summed E-state index contributed by atoms with van der Waals surface area (Å²) < 4.78 is 19.9. The van der Waals surface area contributed by atoms with E-state index in [-0.39, 0.29) is 30.6 Å². The summed E-state index contributed by atoms with van der Waals surface area (Å²) in [6.07, 6.45) is 4.00. The number of morpholine rings is 1. The highest BCUT2D eigenvalue weighted by molar-refractivity contribution is 7.45. The summed E-state index contributed by atoms with van der Waals surface area (Å²) in [5.41, 5.74) is 4.70. The Morgan fingerprint density at radius 1 is 0.898 bits per heavy atom. The van der Waals surface area contributed by atoms with Crippen molar-refractivity contribution in [3.05, 3.63) is 104 Å². The minimum atomic E-state index is -4.64. The minimum Gasteiger partial charge on any atom is -0.444 e. The maximum absolute atomic E-state index is 14.2. The van der Waals surface area contributed by atoms with Gasteiger partial charge in [0.25, 0.3) is 0 Å². The van der Waals surface area contributed by atoms with Crippen LogP contribution in [0.4, 0.5) is 9.59 Å². The van der Waals surface area contributed by atoms with E-state index in [1.54, 1.807) is 35.0 Å². The van der Waals surface area contributed by atoms with Crippen LogP contribution in [0.3, 0.4) is 0 Å². The molecule has 0 aliphatic carbocycles. The monoisotopic (exact) mass is 873 g/mol. The van der Waals surface area contributed by atoms with Crippen molar-refractivity contribution in [3.63, 3.8) is 0 Å². The summed E-state index contributed by atoms with van der Waals surface area (Å²) in [5, 5.41) is 12.4. The molecule has 5 rings (SSSR count). The van der Waals surface area contributed by atoms with Gasteiger partial charge in [0.15, 0.2) is 0 Å². The molecule has 0 radical (unpaired) electrons. The highest BCUT2D eigenvalue weighted by Gasteiger charge is 2.27. The molecule has 4 amide bonds. The maximum Gasteiger partial charge on any atom is 0.466 e. The van der Waals surface area contributed by atoms with Gasteiger partial charge < -0.3 is 45.0 Å². The van der Waals surface area contributed by atoms with Gasteiger partial charge in [0.2, 0.25) is 5.91 Å². The molecule has 59 heavy (non-hydrogen) atoms. The molecule has 1 fully saturated rings. The van der Waals surface area contributed by atoms with E-state index in [0.29, 0.717) is 64.3 Å². The molecule has 1 saturated heterocycles. The second-order valence-electron chi connectivity index (χ2n) is 14.5. The van der Waals surface area contributed by atoms with Crippen molar-refractivity contribution in [2.45, 2.75) is 83.1 Å². The number of nitrogens with zero attached hydrogens (tertiary/aromatic N) is 4. The summed E-state index contributed by atoms with van der Waals surface area (Å²) >= 11 is 3.02. The molecule has 0 bridgehead atoms. The van der Waals surface area contributed by atoms with Crippen LogP contribution < -0.4 is 16.0 Å². The van der Waals surface area contributed by atoms with E-state index in [2.05, 4.69) is 44.7 Å². The Morgan fingerprint density at radius 2 is 1.49 bits per heavy atom. The molecular formula is C40H56N7O9PS2. The lowest BCUT2D eigenvalue weighted by Gasteiger charge is -2.30. The number of alkyl carbamates (subject to hydrolysis) is 1. The van der Waals surface area contributed by atoms with E-state index < -0.39 is 20.0 Å². The smallest absolute Gasteiger partial charge is 0.444 e. The summed E-state index contributed by atoms with van der Waals surface area (Å²) in [6.45, 7) is 8.19. The lowest BCUT2D eigenvalue weighted by molar-refractivity contribution is -0.124. The van der Waals surface area contributed by atoms with Gasteiger partial charge in [-0.25, -0.2) is 19.1 Å². The average Bonchev–Trinajstić information content (AvgIpc) is 3.91. The van der Waals surface area contributed by atoms with Crippen molar-refractivity contribution in [1.82, 2.24) is 35.7 Å². The van der Waals surface area contributed by atoms with E-state index in [4.69, 9.17) is 28.7 Å². The van der Waals surface area contributed by atoms with Crippen LogP contribution in [0.25, 0.3) is 0 Å². The normalized spacial score (nSPS) is 14.6. The summed E-state index contributed by atoms with van der Waals surface area (Å²) in [7, 11) is -2.92. The SMILES string of the molecule is CC(C)c1nc(CN(C)C(=O)N[C@@H](CCN2CCOCC2)C(=O)N[C@H](CC[C@H](Cc2ccccc2)NC(=O)OCc2cncs2)Cc2ccccc2)cs1.O=P(O)(O)O. The molecule has 3 atom stereocenters. The number of aromatic nitrogens is 2. The maximum atomic E-state index is 14.2. The molecule has 19 heteroatoms. The minimum absolute atomic E-state index is 0.150. The van der Waals surface area contributed by atoms with Gasteiger partial charge in [-0.15, -0.1) is 22.7 Å². The summed E-state index contributed by atoms with van der Waals surface area (Å²) in [4.78, 5) is 75.8. The number of carbonyl (C=O) groups is 3. The lowest BCUT2D eigenvalue weighted by Crippen LogP contribution is -2.54. The van der Waals surface area contributed by atoms with E-state index in [9.17, 15) is 14.4 Å². The van der Waals surface area contributed by atoms with Crippen molar-refractivity contribution >= 4 is 48.5 Å². The lowest BCUT2D eigenvalue weighted by atomic mass is 9.95. The molecule has 16 nitrogen and oxygen atoms in total. The molecular weight excluding hydrogens is 818 g/mol. The van der Waals surface area contributed by atoms with Crippen molar-refractivity contribution in [2.75, 3.05) is 39.9 Å². The highest BCUT2D eigenvalue weighted by atomic mass is 32.1. The van der Waals surface area contributed by atoms with Gasteiger partial charge in [-0.1, -0.05) is 74.5 Å². The zero-order valence-electron chi connectivity index (χ0n) is 33.6. The standard InChI is InChI=1S/C40H53N7O5S2.H3O4P/c1-29(2)38-43-34(27-53-38)25-46(3)39(49)45-36(16-17-47-18-20-51-21-19-47)37(48)42-32(22-30-10-6-4-7-11-30)14-15-33(23-31-12-8-5-9-13-31)44-40(50)52-26-35-24-41-28-54-35;1-5(2,3)4/h4-13,24,27-29,32-33,36H,14-23,25-26H2,1-3H3,(H,42,48)(H,44,50)(H,45,49);(H3,1,2,3,4)/t32-,33-,36+;/m1./s1. The van der Waals surface area contributed by atoms with Gasteiger partial charge >= 0.3 is 19.9 Å². The Morgan fingerprint density at radius 3 is 2.03 bits per heavy atom. The Bertz CT molecular complexity index is 1870. The number of amides is 4. The molecule has 0 saturated carbocycles. The highest BCUT2D eigenvalue weighted by Crippen LogP contribution is 2.26. The Labute approximate surface area is 353 Å². The van der Waals surface area contributed by atoms with Gasteiger partial charge in [-0.3, -0.25) is 14.7 Å². The number of hydrogen-bond donors (Lipinski definition) is 6. The number of ether oxygens (including phenoxy) is 2. The van der Waals surface area contributed by atoms with Gasteiger partial charge in [0, 0.05) is 56.3 Å². The number of hydrogen-bond acceptors (Lipinski definition) is 11. The van der Waals surface area contributed by atoms with Crippen molar-refractivity contribution in [1.29, 1.82) is 0 Å². The number of nitrogens with one attached hydrogen (secondary N) is 3. The first kappa shape index (κ1) is 47.4. The number of thiazole rings is 2. The third-order valence-corrected chi connectivity index (χ3v) is 11.2. The van der Waals surface area contributed by atoms with E-state index in [1.165, 1.54) is 11.3 Å². The fourth-order valence-corrected chi connectivity index (χ4v) is 7.58.